The molecule has 0 aliphatic carbocycles. The van der Waals surface area contributed by atoms with Gasteiger partial charge in [0.25, 0.3) is 5.91 Å². The second-order valence-electron chi connectivity index (χ2n) is 5.49. The van der Waals surface area contributed by atoms with E-state index in [0.717, 1.165) is 30.2 Å². The van der Waals surface area contributed by atoms with Crippen molar-refractivity contribution in [1.82, 2.24) is 4.90 Å². The molecule has 1 heterocycles. The lowest BCUT2D eigenvalue weighted by molar-refractivity contribution is -0.118. The monoisotopic (exact) mass is 373 g/mol. The van der Waals surface area contributed by atoms with Crippen LogP contribution >= 0.6 is 24.2 Å². The number of hydrogen-bond donors (Lipinski definition) is 2. The molecule has 1 saturated heterocycles. The van der Waals surface area contributed by atoms with E-state index in [1.807, 2.05) is 29.7 Å². The summed E-state index contributed by atoms with van der Waals surface area (Å²) in [7, 11) is 1.50. The molecule has 1 fully saturated rings. The highest BCUT2D eigenvalue weighted by molar-refractivity contribution is 7.99. The Kier molecular flexibility index (Phi) is 8.55. The van der Waals surface area contributed by atoms with Crippen LogP contribution in [0.4, 0.5) is 5.69 Å². The molecule has 1 aromatic carbocycles. The number of ether oxygens (including phenoxy) is 1. The third-order valence-corrected chi connectivity index (χ3v) is 4.66. The molecule has 0 saturated carbocycles. The van der Waals surface area contributed by atoms with E-state index < -0.39 is 6.04 Å². The summed E-state index contributed by atoms with van der Waals surface area (Å²) in [6.45, 7) is 3.59. The Labute approximate surface area is 152 Å². The number of halogens is 1. The third-order valence-electron chi connectivity index (χ3n) is 3.71. The summed E-state index contributed by atoms with van der Waals surface area (Å²) >= 11 is 1.87. The molecule has 1 atom stereocenters. The summed E-state index contributed by atoms with van der Waals surface area (Å²) < 4.78 is 4.87. The molecule has 2 amide bonds. The maximum Gasteiger partial charge on any atom is 0.253 e. The lowest BCUT2D eigenvalue weighted by atomic mass is 10.1. The number of aryl methyl sites for hydroxylation is 1. The number of benzene rings is 1. The van der Waals surface area contributed by atoms with E-state index in [4.69, 9.17) is 10.5 Å². The minimum absolute atomic E-state index is 0. The number of methoxy groups -OCH3 is 1. The van der Waals surface area contributed by atoms with Gasteiger partial charge in [0.15, 0.2) is 0 Å². The van der Waals surface area contributed by atoms with Crippen LogP contribution in [0.15, 0.2) is 18.2 Å². The number of nitrogens with zero attached hydrogens (tertiary/aromatic N) is 1. The predicted molar refractivity (Wildman–Crippen MR) is 100 cm³/mol. The summed E-state index contributed by atoms with van der Waals surface area (Å²) in [4.78, 5) is 26.3. The van der Waals surface area contributed by atoms with Gasteiger partial charge in [-0.05, 0) is 30.7 Å². The van der Waals surface area contributed by atoms with Crippen LogP contribution in [0, 0.1) is 6.92 Å². The number of nitrogens with one attached hydrogen (secondary N) is 1. The fraction of sp³-hybridized carbons (Fsp3) is 0.500. The van der Waals surface area contributed by atoms with Crippen LogP contribution in [0.25, 0.3) is 0 Å². The van der Waals surface area contributed by atoms with Gasteiger partial charge in [-0.15, -0.1) is 12.4 Å². The van der Waals surface area contributed by atoms with Crippen molar-refractivity contribution in [3.8, 4) is 0 Å². The van der Waals surface area contributed by atoms with E-state index in [1.54, 1.807) is 12.1 Å². The molecule has 6 nitrogen and oxygen atoms in total. The first-order valence-corrected chi connectivity index (χ1v) is 8.71. The molecule has 0 spiro atoms. The molecule has 1 aromatic rings. The van der Waals surface area contributed by atoms with Crippen molar-refractivity contribution in [3.05, 3.63) is 29.3 Å². The third kappa shape index (κ3) is 5.37. The molecule has 0 bridgehead atoms. The van der Waals surface area contributed by atoms with Crippen molar-refractivity contribution < 1.29 is 14.3 Å². The van der Waals surface area contributed by atoms with Crippen molar-refractivity contribution >= 4 is 41.7 Å². The lowest BCUT2D eigenvalue weighted by Gasteiger charge is -2.26. The van der Waals surface area contributed by atoms with Gasteiger partial charge in [-0.2, -0.15) is 11.8 Å². The Bertz CT molecular complexity index is 580. The predicted octanol–water partition coefficient (Wildman–Crippen LogP) is 1.52. The maximum absolute atomic E-state index is 12.5. The van der Waals surface area contributed by atoms with Crippen molar-refractivity contribution in [1.29, 1.82) is 0 Å². The molecule has 1 aliphatic heterocycles. The van der Waals surface area contributed by atoms with Gasteiger partial charge in [-0.25, -0.2) is 0 Å². The number of thioether (sulfide) groups is 1. The zero-order chi connectivity index (χ0) is 16.8. The number of rotatable bonds is 5. The number of hydrogen-bond acceptors (Lipinski definition) is 5. The number of carbonyl (C=O) groups is 2. The quantitative estimate of drug-likeness (QED) is 0.817. The molecule has 8 heteroatoms. The van der Waals surface area contributed by atoms with Crippen molar-refractivity contribution in [3.63, 3.8) is 0 Å². The molecule has 24 heavy (non-hydrogen) atoms. The molecule has 2 rings (SSSR count). The molecule has 3 N–H and O–H groups in total. The number of nitrogens with two attached hydrogens (primary N) is 1. The Morgan fingerprint density at radius 2 is 2.04 bits per heavy atom. The first-order chi connectivity index (χ1) is 11.0. The van der Waals surface area contributed by atoms with Crippen molar-refractivity contribution in [2.75, 3.05) is 43.6 Å². The van der Waals surface area contributed by atoms with E-state index in [1.165, 1.54) is 7.11 Å². The SMILES string of the molecule is COCC(N)C(=O)Nc1ccc(C(=O)N2CCSCC2)cc1C.Cl. The first-order valence-electron chi connectivity index (χ1n) is 7.56. The average Bonchev–Trinajstić information content (AvgIpc) is 2.57. The highest BCUT2D eigenvalue weighted by Gasteiger charge is 2.19. The van der Waals surface area contributed by atoms with Gasteiger partial charge < -0.3 is 20.7 Å². The molecule has 134 valence electrons. The van der Waals surface area contributed by atoms with Crippen LogP contribution in [0.3, 0.4) is 0 Å². The summed E-state index contributed by atoms with van der Waals surface area (Å²) in [5, 5.41) is 2.77. The summed E-state index contributed by atoms with van der Waals surface area (Å²) in [5.41, 5.74) is 7.84. The highest BCUT2D eigenvalue weighted by atomic mass is 35.5. The molecule has 0 radical (unpaired) electrons. The molecular formula is C16H24ClN3O3S. The minimum Gasteiger partial charge on any atom is -0.383 e. The molecular weight excluding hydrogens is 350 g/mol. The van der Waals surface area contributed by atoms with Crippen molar-refractivity contribution in [2.24, 2.45) is 5.73 Å². The fourth-order valence-corrected chi connectivity index (χ4v) is 3.27. The van der Waals surface area contributed by atoms with Crippen LogP contribution in [-0.4, -0.2) is 61.1 Å². The Morgan fingerprint density at radius 3 is 2.62 bits per heavy atom. The Morgan fingerprint density at radius 1 is 1.38 bits per heavy atom. The first kappa shape index (κ1) is 20.8. The van der Waals surface area contributed by atoms with Crippen LogP contribution < -0.4 is 11.1 Å². The Hall–Kier alpha value is -1.28. The van der Waals surface area contributed by atoms with Gasteiger partial charge in [-0.3, -0.25) is 9.59 Å². The second kappa shape index (κ2) is 9.88. The van der Waals surface area contributed by atoms with Crippen LogP contribution in [0.2, 0.25) is 0 Å². The highest BCUT2D eigenvalue weighted by Crippen LogP contribution is 2.19. The van der Waals surface area contributed by atoms with E-state index in [-0.39, 0.29) is 30.8 Å². The standard InChI is InChI=1S/C16H23N3O3S.ClH/c1-11-9-12(16(21)19-5-7-23-8-6-19)3-4-14(11)18-15(20)13(17)10-22-2;/h3-4,9,13H,5-8,10,17H2,1-2H3,(H,18,20);1H. The smallest absolute Gasteiger partial charge is 0.253 e. The van der Waals surface area contributed by atoms with Gasteiger partial charge in [0.2, 0.25) is 5.91 Å². The van der Waals surface area contributed by atoms with E-state index in [9.17, 15) is 9.59 Å². The number of amides is 2. The van der Waals surface area contributed by atoms with E-state index in [2.05, 4.69) is 5.32 Å². The topological polar surface area (TPSA) is 84.7 Å². The van der Waals surface area contributed by atoms with Gasteiger partial charge in [-0.1, -0.05) is 0 Å². The van der Waals surface area contributed by atoms with Gasteiger partial charge >= 0.3 is 0 Å². The summed E-state index contributed by atoms with van der Waals surface area (Å²) in [5.74, 6) is 1.71. The molecule has 1 aliphatic rings. The van der Waals surface area contributed by atoms with E-state index >= 15 is 0 Å². The summed E-state index contributed by atoms with van der Waals surface area (Å²) in [6, 6.07) is 4.58. The number of carbonyl (C=O) groups excluding carboxylic acids is 2. The minimum atomic E-state index is -0.716. The Balaban J connectivity index is 0.00000288. The van der Waals surface area contributed by atoms with Crippen LogP contribution in [-0.2, 0) is 9.53 Å². The maximum atomic E-state index is 12.5. The van der Waals surface area contributed by atoms with Gasteiger partial charge in [0, 0.05) is 43.0 Å². The molecule has 1 unspecified atom stereocenters. The summed E-state index contributed by atoms with van der Waals surface area (Å²) in [6.07, 6.45) is 0. The van der Waals surface area contributed by atoms with Gasteiger partial charge in [0.05, 0.1) is 6.61 Å². The average molecular weight is 374 g/mol. The van der Waals surface area contributed by atoms with E-state index in [0.29, 0.717) is 11.3 Å². The van der Waals surface area contributed by atoms with Crippen LogP contribution in [0.5, 0.6) is 0 Å². The normalized spacial score (nSPS) is 15.4. The van der Waals surface area contributed by atoms with Crippen LogP contribution in [0.1, 0.15) is 15.9 Å². The zero-order valence-electron chi connectivity index (χ0n) is 13.9. The zero-order valence-corrected chi connectivity index (χ0v) is 15.5. The van der Waals surface area contributed by atoms with Gasteiger partial charge in [0.1, 0.15) is 6.04 Å². The largest absolute Gasteiger partial charge is 0.383 e. The van der Waals surface area contributed by atoms with Crippen molar-refractivity contribution in [2.45, 2.75) is 13.0 Å². The second-order valence-corrected chi connectivity index (χ2v) is 6.71. The molecule has 0 aromatic heterocycles. The fourth-order valence-electron chi connectivity index (χ4n) is 2.37. The number of anilines is 1. The lowest BCUT2D eigenvalue weighted by Crippen LogP contribution is -2.39.